The number of carbonyl (C=O) groups excluding carboxylic acids is 1. The van der Waals surface area contributed by atoms with Crippen LogP contribution in [0, 0.1) is 13.8 Å². The Hall–Kier alpha value is -2.94. The number of ether oxygens (including phenoxy) is 1. The van der Waals surface area contributed by atoms with Crippen molar-refractivity contribution in [1.29, 1.82) is 0 Å². The molecule has 0 saturated heterocycles. The average molecular weight is 382 g/mol. The van der Waals surface area contributed by atoms with Crippen LogP contribution in [-0.4, -0.2) is 47.7 Å². The van der Waals surface area contributed by atoms with E-state index >= 15 is 0 Å². The number of methoxy groups -OCH3 is 1. The summed E-state index contributed by atoms with van der Waals surface area (Å²) in [4.78, 5) is 16.2. The summed E-state index contributed by atoms with van der Waals surface area (Å²) in [6.45, 7) is 5.88. The van der Waals surface area contributed by atoms with Gasteiger partial charge in [0.05, 0.1) is 24.4 Å². The van der Waals surface area contributed by atoms with E-state index in [1.807, 2.05) is 23.7 Å². The number of thioether (sulfide) groups is 1. The zero-order valence-corrected chi connectivity index (χ0v) is 16.2. The molecule has 8 nitrogen and oxygen atoms in total. The Balaban J connectivity index is 1.80. The highest BCUT2D eigenvalue weighted by atomic mass is 32.2. The van der Waals surface area contributed by atoms with Crippen molar-refractivity contribution in [2.75, 3.05) is 7.11 Å². The first kappa shape index (κ1) is 17.5. The van der Waals surface area contributed by atoms with Crippen LogP contribution in [0.15, 0.2) is 35.9 Å². The van der Waals surface area contributed by atoms with Crippen molar-refractivity contribution >= 4 is 34.4 Å². The predicted octanol–water partition coefficient (Wildman–Crippen LogP) is 2.73. The summed E-state index contributed by atoms with van der Waals surface area (Å²) < 4.78 is 8.34. The Morgan fingerprint density at radius 1 is 1.22 bits per heavy atom. The van der Waals surface area contributed by atoms with Crippen LogP contribution in [0.3, 0.4) is 0 Å². The van der Waals surface area contributed by atoms with E-state index in [1.54, 1.807) is 23.8 Å². The molecule has 0 aliphatic carbocycles. The Kier molecular flexibility index (Phi) is 4.31. The van der Waals surface area contributed by atoms with Crippen LogP contribution in [0.1, 0.15) is 18.1 Å². The van der Waals surface area contributed by atoms with Gasteiger partial charge in [0.1, 0.15) is 11.6 Å². The van der Waals surface area contributed by atoms with Crippen molar-refractivity contribution < 1.29 is 9.53 Å². The Morgan fingerprint density at radius 2 is 2.04 bits per heavy atom. The van der Waals surface area contributed by atoms with Gasteiger partial charge in [0, 0.05) is 0 Å². The molecule has 1 unspecified atom stereocenters. The minimum absolute atomic E-state index is 0.312. The van der Waals surface area contributed by atoms with Gasteiger partial charge in [-0.3, -0.25) is 9.20 Å². The quantitative estimate of drug-likeness (QED) is 0.396. The Bertz CT molecular complexity index is 1170. The lowest BCUT2D eigenvalue weighted by Crippen LogP contribution is -2.15. The van der Waals surface area contributed by atoms with Gasteiger partial charge in [-0.2, -0.15) is 5.10 Å². The smallest absolute Gasteiger partial charge is 0.318 e. The molecular formula is C18H18N6O2S. The van der Waals surface area contributed by atoms with E-state index < -0.39 is 5.25 Å². The molecule has 0 bridgehead atoms. The maximum atomic E-state index is 11.7. The summed E-state index contributed by atoms with van der Waals surface area (Å²) in [6, 6.07) is 6.20. The van der Waals surface area contributed by atoms with Gasteiger partial charge >= 0.3 is 5.97 Å². The molecule has 0 N–H and O–H groups in total. The number of fused-ring (bicyclic) bond motifs is 3. The molecule has 0 radical (unpaired) electrons. The van der Waals surface area contributed by atoms with Crippen LogP contribution in [0.4, 0.5) is 0 Å². The number of hydrogen-bond donors (Lipinski definition) is 0. The lowest BCUT2D eigenvalue weighted by atomic mass is 10.1. The van der Waals surface area contributed by atoms with Gasteiger partial charge in [0.15, 0.2) is 16.5 Å². The standard InChI is InChI=1S/C18H18N6O2S/c1-10-5-6-14(11(2)7-10)24-15-13(8-20-24)16-21-22-18(23(16)9-19-15)27-12(3)17(25)26-4/h5-9,12H,1-4H3. The van der Waals surface area contributed by atoms with Gasteiger partial charge in [0.25, 0.3) is 0 Å². The first-order chi connectivity index (χ1) is 13.0. The topological polar surface area (TPSA) is 87.2 Å². The third-order valence-electron chi connectivity index (χ3n) is 4.34. The van der Waals surface area contributed by atoms with Gasteiger partial charge in [-0.05, 0) is 32.4 Å². The summed E-state index contributed by atoms with van der Waals surface area (Å²) in [5.74, 6) is -0.312. The van der Waals surface area contributed by atoms with Gasteiger partial charge in [-0.1, -0.05) is 29.5 Å². The van der Waals surface area contributed by atoms with E-state index in [1.165, 1.54) is 24.4 Å². The minimum atomic E-state index is -0.393. The largest absolute Gasteiger partial charge is 0.468 e. The zero-order valence-electron chi connectivity index (χ0n) is 15.4. The zero-order chi connectivity index (χ0) is 19.1. The summed E-state index contributed by atoms with van der Waals surface area (Å²) in [5, 5.41) is 14.0. The summed E-state index contributed by atoms with van der Waals surface area (Å²) in [5.41, 5.74) is 4.64. The SMILES string of the molecule is COC(=O)C(C)Sc1nnc2c3cnn(-c4ccc(C)cc4C)c3ncn12. The molecule has 0 fully saturated rings. The maximum absolute atomic E-state index is 11.7. The number of carbonyl (C=O) groups is 1. The third-order valence-corrected chi connectivity index (χ3v) is 5.38. The Labute approximate surface area is 159 Å². The van der Waals surface area contributed by atoms with E-state index in [2.05, 4.69) is 33.3 Å². The number of nitrogens with zero attached hydrogens (tertiary/aromatic N) is 6. The molecule has 0 saturated carbocycles. The first-order valence-corrected chi connectivity index (χ1v) is 9.27. The fourth-order valence-electron chi connectivity index (χ4n) is 2.97. The van der Waals surface area contributed by atoms with Crippen molar-refractivity contribution in [2.45, 2.75) is 31.2 Å². The second-order valence-electron chi connectivity index (χ2n) is 6.29. The first-order valence-electron chi connectivity index (χ1n) is 8.39. The normalized spacial score (nSPS) is 12.6. The fraction of sp³-hybridized carbons (Fsp3) is 0.278. The molecule has 27 heavy (non-hydrogen) atoms. The molecule has 9 heteroatoms. The van der Waals surface area contributed by atoms with E-state index in [4.69, 9.17) is 4.74 Å². The van der Waals surface area contributed by atoms with Gasteiger partial charge in [-0.15, -0.1) is 10.2 Å². The summed E-state index contributed by atoms with van der Waals surface area (Å²) in [6.07, 6.45) is 3.40. The van der Waals surface area contributed by atoms with Gasteiger partial charge < -0.3 is 4.74 Å². The highest BCUT2D eigenvalue weighted by Crippen LogP contribution is 2.27. The molecule has 1 atom stereocenters. The van der Waals surface area contributed by atoms with Crippen LogP contribution in [0.2, 0.25) is 0 Å². The molecule has 0 aliphatic heterocycles. The third kappa shape index (κ3) is 2.93. The molecule has 0 spiro atoms. The molecular weight excluding hydrogens is 364 g/mol. The van der Waals surface area contributed by atoms with Crippen LogP contribution in [0.25, 0.3) is 22.4 Å². The molecule has 138 valence electrons. The van der Waals surface area contributed by atoms with Gasteiger partial charge in [-0.25, -0.2) is 9.67 Å². The van der Waals surface area contributed by atoms with E-state index in [0.29, 0.717) is 16.5 Å². The van der Waals surface area contributed by atoms with Crippen LogP contribution in [0.5, 0.6) is 0 Å². The minimum Gasteiger partial charge on any atom is -0.468 e. The van der Waals surface area contributed by atoms with E-state index in [0.717, 1.165) is 16.6 Å². The van der Waals surface area contributed by atoms with Crippen LogP contribution >= 0.6 is 11.8 Å². The lowest BCUT2D eigenvalue weighted by Gasteiger charge is -2.08. The fourth-order valence-corrected chi connectivity index (χ4v) is 3.82. The van der Waals surface area contributed by atoms with Gasteiger partial charge in [0.2, 0.25) is 0 Å². The second-order valence-corrected chi connectivity index (χ2v) is 7.60. The van der Waals surface area contributed by atoms with E-state index in [-0.39, 0.29) is 5.97 Å². The molecule has 4 aromatic rings. The number of aryl methyl sites for hydroxylation is 2. The number of hydrogen-bond acceptors (Lipinski definition) is 7. The van der Waals surface area contributed by atoms with Crippen LogP contribution < -0.4 is 0 Å². The monoisotopic (exact) mass is 382 g/mol. The summed E-state index contributed by atoms with van der Waals surface area (Å²) >= 11 is 1.28. The highest BCUT2D eigenvalue weighted by molar-refractivity contribution is 8.00. The highest BCUT2D eigenvalue weighted by Gasteiger charge is 2.20. The van der Waals surface area contributed by atoms with Crippen molar-refractivity contribution in [2.24, 2.45) is 0 Å². The lowest BCUT2D eigenvalue weighted by molar-refractivity contribution is -0.139. The van der Waals surface area contributed by atoms with Crippen molar-refractivity contribution in [3.8, 4) is 5.69 Å². The van der Waals surface area contributed by atoms with Crippen molar-refractivity contribution in [1.82, 2.24) is 29.4 Å². The molecule has 3 aromatic heterocycles. The molecule has 4 rings (SSSR count). The maximum Gasteiger partial charge on any atom is 0.318 e. The molecule has 0 aliphatic rings. The number of aromatic nitrogens is 6. The van der Waals surface area contributed by atoms with Crippen molar-refractivity contribution in [3.05, 3.63) is 41.9 Å². The van der Waals surface area contributed by atoms with Crippen LogP contribution in [-0.2, 0) is 9.53 Å². The Morgan fingerprint density at radius 3 is 2.78 bits per heavy atom. The molecule has 0 amide bonds. The number of rotatable bonds is 4. The summed E-state index contributed by atoms with van der Waals surface area (Å²) in [7, 11) is 1.37. The van der Waals surface area contributed by atoms with Crippen molar-refractivity contribution in [3.63, 3.8) is 0 Å². The second kappa shape index (κ2) is 6.66. The average Bonchev–Trinajstić information content (AvgIpc) is 3.25. The number of benzene rings is 1. The predicted molar refractivity (Wildman–Crippen MR) is 102 cm³/mol. The van der Waals surface area contributed by atoms with E-state index in [9.17, 15) is 4.79 Å². The molecule has 1 aromatic carbocycles. The molecule has 3 heterocycles. The number of esters is 1.